The molecule has 196 valence electrons. The maximum absolute atomic E-state index is 15.0. The van der Waals surface area contributed by atoms with Crippen LogP contribution in [-0.2, 0) is 19.0 Å². The molecule has 5 heterocycles. The third-order valence-corrected chi connectivity index (χ3v) is 7.59. The predicted molar refractivity (Wildman–Crippen MR) is 133 cm³/mol. The summed E-state index contributed by atoms with van der Waals surface area (Å²) in [5.41, 5.74) is 3.15. The zero-order chi connectivity index (χ0) is 25.5. The number of fused-ring (bicyclic) bond motifs is 2. The molecular weight excluding hydrogens is 481 g/mol. The summed E-state index contributed by atoms with van der Waals surface area (Å²) in [7, 11) is 1.43. The third kappa shape index (κ3) is 4.76. The van der Waals surface area contributed by atoms with Crippen molar-refractivity contribution in [1.29, 1.82) is 0 Å². The summed E-state index contributed by atoms with van der Waals surface area (Å²) in [5.74, 6) is 0.218. The summed E-state index contributed by atoms with van der Waals surface area (Å²) in [6, 6.07) is 10.9. The first-order chi connectivity index (χ1) is 18.0. The highest BCUT2D eigenvalue weighted by atomic mass is 19.1. The van der Waals surface area contributed by atoms with Crippen molar-refractivity contribution in [2.24, 2.45) is 5.92 Å². The highest BCUT2D eigenvalue weighted by Crippen LogP contribution is 2.33. The van der Waals surface area contributed by atoms with Crippen LogP contribution in [0, 0.1) is 11.7 Å². The number of hydrogen-bond acceptors (Lipinski definition) is 8. The van der Waals surface area contributed by atoms with Gasteiger partial charge >= 0.3 is 5.97 Å². The van der Waals surface area contributed by atoms with Gasteiger partial charge in [0.15, 0.2) is 17.8 Å². The van der Waals surface area contributed by atoms with Crippen molar-refractivity contribution in [3.05, 3.63) is 42.2 Å². The molecule has 0 saturated carbocycles. The molecule has 0 radical (unpaired) electrons. The molecule has 3 fully saturated rings. The Labute approximate surface area is 213 Å². The van der Waals surface area contributed by atoms with Crippen LogP contribution in [0.5, 0.6) is 5.88 Å². The lowest BCUT2D eigenvalue weighted by Crippen LogP contribution is -2.34. The van der Waals surface area contributed by atoms with Gasteiger partial charge < -0.3 is 33.9 Å². The highest BCUT2D eigenvalue weighted by Gasteiger charge is 2.48. The van der Waals surface area contributed by atoms with Gasteiger partial charge in [-0.15, -0.1) is 0 Å². The van der Waals surface area contributed by atoms with Crippen LogP contribution in [-0.4, -0.2) is 78.9 Å². The van der Waals surface area contributed by atoms with E-state index in [1.54, 1.807) is 6.07 Å². The summed E-state index contributed by atoms with van der Waals surface area (Å²) in [6.45, 7) is 2.27. The number of esters is 1. The van der Waals surface area contributed by atoms with Crippen molar-refractivity contribution in [1.82, 2.24) is 9.97 Å². The second-order valence-corrected chi connectivity index (χ2v) is 9.96. The third-order valence-electron chi connectivity index (χ3n) is 7.59. The van der Waals surface area contributed by atoms with Gasteiger partial charge in [0.2, 0.25) is 0 Å². The van der Waals surface area contributed by atoms with Crippen molar-refractivity contribution < 1.29 is 33.2 Å². The summed E-state index contributed by atoms with van der Waals surface area (Å²) in [6.07, 6.45) is 0.604. The van der Waals surface area contributed by atoms with Crippen LogP contribution in [0.1, 0.15) is 19.3 Å². The minimum atomic E-state index is -0.649. The van der Waals surface area contributed by atoms with E-state index in [-0.39, 0.29) is 36.6 Å². The van der Waals surface area contributed by atoms with Gasteiger partial charge in [-0.1, -0.05) is 12.1 Å². The number of nitrogens with one attached hydrogen (secondary N) is 1. The topological polar surface area (TPSA) is 106 Å². The van der Waals surface area contributed by atoms with E-state index in [9.17, 15) is 9.90 Å². The van der Waals surface area contributed by atoms with Crippen molar-refractivity contribution >= 4 is 22.7 Å². The van der Waals surface area contributed by atoms with Crippen molar-refractivity contribution in [2.45, 2.75) is 43.7 Å². The summed E-state index contributed by atoms with van der Waals surface area (Å²) in [5, 5.41) is 9.92. The van der Waals surface area contributed by atoms with Crippen LogP contribution in [0.25, 0.3) is 22.3 Å². The number of anilines is 1. The Morgan fingerprint density at radius 2 is 1.92 bits per heavy atom. The standard InChI is InChI=1S/C27H30FN3O6/c1-34-24(33)10-15-6-8-31(9-7-15)17-4-2-16(3-5-17)25-18(28)11-19-20(30-25)12-23(29-19)37-22-14-36-26-21(32)13-35-27(22)26/h2-5,11-12,15,21-22,26-27,29,32H,6-10,13-14H2,1H3/t21-,22-,26-,27-/m1/s1. The number of halogens is 1. The van der Waals surface area contributed by atoms with E-state index < -0.39 is 11.9 Å². The first-order valence-corrected chi connectivity index (χ1v) is 12.7. The van der Waals surface area contributed by atoms with Crippen LogP contribution >= 0.6 is 0 Å². The quantitative estimate of drug-likeness (QED) is 0.487. The number of aliphatic hydroxyl groups excluding tert-OH is 1. The van der Waals surface area contributed by atoms with Gasteiger partial charge in [-0.25, -0.2) is 9.37 Å². The zero-order valence-electron chi connectivity index (χ0n) is 20.6. The lowest BCUT2D eigenvalue weighted by Gasteiger charge is -2.33. The van der Waals surface area contributed by atoms with Crippen molar-refractivity contribution in [3.63, 3.8) is 0 Å². The van der Waals surface area contributed by atoms with E-state index in [1.165, 1.54) is 13.2 Å². The molecule has 6 rings (SSSR count). The van der Waals surface area contributed by atoms with E-state index in [0.29, 0.717) is 41.4 Å². The predicted octanol–water partition coefficient (Wildman–Crippen LogP) is 3.05. The molecule has 0 unspecified atom stereocenters. The fourth-order valence-corrected chi connectivity index (χ4v) is 5.52. The number of H-pyrrole nitrogens is 1. The van der Waals surface area contributed by atoms with E-state index in [0.717, 1.165) is 31.6 Å². The average molecular weight is 512 g/mol. The Morgan fingerprint density at radius 1 is 1.16 bits per heavy atom. The molecule has 0 aliphatic carbocycles. The SMILES string of the molecule is COC(=O)CC1CCN(c2ccc(-c3nc4cc(O[C@@H]5CO[C@H]6[C@@H]5OC[C@H]6O)[nH]c4cc3F)cc2)CC1. The largest absolute Gasteiger partial charge is 0.470 e. The number of aliphatic hydroxyl groups is 1. The first-order valence-electron chi connectivity index (χ1n) is 12.7. The molecule has 10 heteroatoms. The molecule has 3 aromatic rings. The number of carbonyl (C=O) groups excluding carboxylic acids is 1. The molecular formula is C27H30FN3O6. The van der Waals surface area contributed by atoms with Crippen molar-refractivity contribution in [2.75, 3.05) is 38.3 Å². The van der Waals surface area contributed by atoms with Crippen LogP contribution in [0.3, 0.4) is 0 Å². The minimum absolute atomic E-state index is 0.153. The van der Waals surface area contributed by atoms with Crippen LogP contribution < -0.4 is 9.64 Å². The number of pyridine rings is 1. The molecule has 3 saturated heterocycles. The molecule has 2 N–H and O–H groups in total. The number of aromatic nitrogens is 2. The molecule has 4 atom stereocenters. The first kappa shape index (κ1) is 24.1. The van der Waals surface area contributed by atoms with Gasteiger partial charge in [0.25, 0.3) is 0 Å². The Kier molecular flexibility index (Phi) is 6.48. The van der Waals surface area contributed by atoms with Gasteiger partial charge in [-0.05, 0) is 30.9 Å². The summed E-state index contributed by atoms with van der Waals surface area (Å²) < 4.78 is 37.1. The molecule has 2 aromatic heterocycles. The monoisotopic (exact) mass is 511 g/mol. The van der Waals surface area contributed by atoms with Gasteiger partial charge in [-0.2, -0.15) is 0 Å². The summed E-state index contributed by atoms with van der Waals surface area (Å²) >= 11 is 0. The van der Waals surface area contributed by atoms with E-state index in [2.05, 4.69) is 14.9 Å². The Morgan fingerprint density at radius 3 is 2.68 bits per heavy atom. The number of methoxy groups -OCH3 is 1. The molecule has 1 aromatic carbocycles. The molecule has 0 bridgehead atoms. The van der Waals surface area contributed by atoms with Gasteiger partial charge in [-0.3, -0.25) is 4.79 Å². The molecule has 0 amide bonds. The second kappa shape index (κ2) is 9.92. The molecule has 9 nitrogen and oxygen atoms in total. The number of piperidine rings is 1. The van der Waals surface area contributed by atoms with E-state index >= 15 is 4.39 Å². The summed E-state index contributed by atoms with van der Waals surface area (Å²) in [4.78, 5) is 21.5. The highest BCUT2D eigenvalue weighted by molar-refractivity contribution is 5.81. The Balaban J connectivity index is 1.14. The maximum atomic E-state index is 15.0. The zero-order valence-corrected chi connectivity index (χ0v) is 20.6. The molecule has 0 spiro atoms. The molecule has 37 heavy (non-hydrogen) atoms. The Hall–Kier alpha value is -3.21. The number of nitrogens with zero attached hydrogens (tertiary/aromatic N) is 2. The van der Waals surface area contributed by atoms with E-state index in [1.807, 2.05) is 24.3 Å². The van der Waals surface area contributed by atoms with Crippen LogP contribution in [0.15, 0.2) is 36.4 Å². The van der Waals surface area contributed by atoms with Gasteiger partial charge in [0, 0.05) is 42.9 Å². The number of ether oxygens (including phenoxy) is 4. The fraction of sp³-hybridized carbons (Fsp3) is 0.481. The lowest BCUT2D eigenvalue weighted by atomic mass is 9.93. The van der Waals surface area contributed by atoms with Gasteiger partial charge in [0.1, 0.15) is 24.0 Å². The second-order valence-electron chi connectivity index (χ2n) is 9.96. The maximum Gasteiger partial charge on any atom is 0.305 e. The smallest absolute Gasteiger partial charge is 0.305 e. The normalized spacial score (nSPS) is 26.0. The fourth-order valence-electron chi connectivity index (χ4n) is 5.52. The lowest BCUT2D eigenvalue weighted by molar-refractivity contribution is -0.141. The number of rotatable bonds is 6. The number of carbonyl (C=O) groups is 1. The van der Waals surface area contributed by atoms with Crippen molar-refractivity contribution in [3.8, 4) is 17.1 Å². The van der Waals surface area contributed by atoms with Gasteiger partial charge in [0.05, 0.1) is 31.4 Å². The molecule has 3 aliphatic heterocycles. The van der Waals surface area contributed by atoms with Crippen LogP contribution in [0.4, 0.5) is 10.1 Å². The number of benzene rings is 1. The molecule has 3 aliphatic rings. The average Bonchev–Trinajstić information content (AvgIpc) is 3.60. The van der Waals surface area contributed by atoms with Crippen LogP contribution in [0.2, 0.25) is 0 Å². The Bertz CT molecular complexity index is 1270. The van der Waals surface area contributed by atoms with E-state index in [4.69, 9.17) is 18.9 Å². The number of hydrogen-bond donors (Lipinski definition) is 2. The minimum Gasteiger partial charge on any atom is -0.470 e. The number of aromatic amines is 1.